The second-order valence-electron chi connectivity index (χ2n) is 8.47. The van der Waals surface area contributed by atoms with E-state index in [1.807, 2.05) is 13.8 Å². The van der Waals surface area contributed by atoms with Crippen LogP contribution in [0, 0.1) is 17.2 Å². The molecule has 1 aliphatic rings. The van der Waals surface area contributed by atoms with E-state index >= 15 is 0 Å². The molecular weight excluding hydrogens is 336 g/mol. The van der Waals surface area contributed by atoms with E-state index in [0.29, 0.717) is 12.5 Å². The van der Waals surface area contributed by atoms with E-state index in [0.717, 1.165) is 32.7 Å². The summed E-state index contributed by atoms with van der Waals surface area (Å²) in [5.41, 5.74) is 1.91. The molecule has 148 valence electrons. The average Bonchev–Trinajstić information content (AvgIpc) is 2.63. The lowest BCUT2D eigenvalue weighted by Crippen LogP contribution is -2.54. The van der Waals surface area contributed by atoms with E-state index in [1.165, 1.54) is 11.1 Å². The van der Waals surface area contributed by atoms with Crippen LogP contribution in [-0.2, 0) is 11.3 Å². The monoisotopic (exact) mass is 370 g/mol. The molecule has 0 unspecified atom stereocenters. The lowest BCUT2D eigenvalue weighted by Gasteiger charge is -2.35. The van der Waals surface area contributed by atoms with E-state index < -0.39 is 5.54 Å². The van der Waals surface area contributed by atoms with Gasteiger partial charge >= 0.3 is 0 Å². The first-order chi connectivity index (χ1) is 12.7. The Balaban J connectivity index is 1.78. The molecule has 1 aromatic carbocycles. The fourth-order valence-corrected chi connectivity index (χ4v) is 3.21. The van der Waals surface area contributed by atoms with Crippen LogP contribution in [0.15, 0.2) is 24.3 Å². The number of nitriles is 1. The largest absolute Gasteiger partial charge is 0.337 e. The summed E-state index contributed by atoms with van der Waals surface area (Å²) in [6, 6.07) is 11.1. The van der Waals surface area contributed by atoms with Crippen LogP contribution in [0.25, 0.3) is 0 Å². The summed E-state index contributed by atoms with van der Waals surface area (Å²) in [5, 5.41) is 12.2. The molecule has 0 saturated carbocycles. The van der Waals surface area contributed by atoms with Gasteiger partial charge in [0.25, 0.3) is 0 Å². The maximum atomic E-state index is 12.3. The predicted octanol–water partition coefficient (Wildman–Crippen LogP) is 2.98. The van der Waals surface area contributed by atoms with Gasteiger partial charge in [-0.1, -0.05) is 52.0 Å². The van der Waals surface area contributed by atoms with Crippen molar-refractivity contribution in [1.29, 1.82) is 5.26 Å². The molecule has 1 N–H and O–H groups in total. The van der Waals surface area contributed by atoms with Crippen molar-refractivity contribution in [2.24, 2.45) is 5.92 Å². The maximum Gasteiger partial charge on any atom is 0.235 e. The number of benzene rings is 1. The Bertz CT molecular complexity index is 654. The van der Waals surface area contributed by atoms with Gasteiger partial charge in [-0.05, 0) is 29.9 Å². The van der Waals surface area contributed by atoms with Crippen LogP contribution in [0.2, 0.25) is 0 Å². The SMILES string of the molecule is CC(C)c1ccc(CN2CCN(CC(=O)N[C@](C)(C#N)C(C)C)CC2)cc1. The quantitative estimate of drug-likeness (QED) is 0.802. The Labute approximate surface area is 164 Å². The molecular formula is C22H34N4O. The summed E-state index contributed by atoms with van der Waals surface area (Å²) in [7, 11) is 0. The van der Waals surface area contributed by atoms with Crippen molar-refractivity contribution in [2.45, 2.75) is 52.6 Å². The molecule has 2 rings (SSSR count). The summed E-state index contributed by atoms with van der Waals surface area (Å²) in [6.07, 6.45) is 0. The second kappa shape index (κ2) is 9.34. The highest BCUT2D eigenvalue weighted by Gasteiger charge is 2.30. The van der Waals surface area contributed by atoms with E-state index in [1.54, 1.807) is 6.92 Å². The van der Waals surface area contributed by atoms with Crippen LogP contribution in [0.1, 0.15) is 51.7 Å². The lowest BCUT2D eigenvalue weighted by molar-refractivity contribution is -0.124. The summed E-state index contributed by atoms with van der Waals surface area (Å²) in [6.45, 7) is 15.1. The molecule has 1 heterocycles. The number of carbonyl (C=O) groups is 1. The summed E-state index contributed by atoms with van der Waals surface area (Å²) >= 11 is 0. The molecule has 0 bridgehead atoms. The number of piperazine rings is 1. The van der Waals surface area contributed by atoms with Crippen molar-refractivity contribution in [2.75, 3.05) is 32.7 Å². The predicted molar refractivity (Wildman–Crippen MR) is 109 cm³/mol. The number of carbonyl (C=O) groups excluding carboxylic acids is 1. The number of rotatable bonds is 7. The van der Waals surface area contributed by atoms with Crippen molar-refractivity contribution < 1.29 is 4.79 Å². The molecule has 1 aliphatic heterocycles. The highest BCUT2D eigenvalue weighted by atomic mass is 16.2. The van der Waals surface area contributed by atoms with Gasteiger partial charge in [-0.25, -0.2) is 0 Å². The normalized spacial score (nSPS) is 18.3. The maximum absolute atomic E-state index is 12.3. The highest BCUT2D eigenvalue weighted by Crippen LogP contribution is 2.17. The Hall–Kier alpha value is -1.90. The average molecular weight is 371 g/mol. The molecule has 1 aromatic rings. The van der Waals surface area contributed by atoms with Crippen molar-refractivity contribution >= 4 is 5.91 Å². The zero-order chi connectivity index (χ0) is 20.0. The fourth-order valence-electron chi connectivity index (χ4n) is 3.21. The Morgan fingerprint density at radius 2 is 1.67 bits per heavy atom. The van der Waals surface area contributed by atoms with Crippen LogP contribution in [0.4, 0.5) is 0 Å². The standard InChI is InChI=1S/C22H34N4O/c1-17(2)20-8-6-19(7-9-20)14-25-10-12-26(13-11-25)15-21(27)24-22(5,16-23)18(3)4/h6-9,17-18H,10-15H2,1-5H3,(H,24,27)/t22-/m1/s1. The molecule has 27 heavy (non-hydrogen) atoms. The number of hydrogen-bond donors (Lipinski definition) is 1. The third-order valence-electron chi connectivity index (χ3n) is 5.67. The number of hydrogen-bond acceptors (Lipinski definition) is 4. The third-order valence-corrected chi connectivity index (χ3v) is 5.67. The number of nitrogens with one attached hydrogen (secondary N) is 1. The van der Waals surface area contributed by atoms with Crippen molar-refractivity contribution in [3.63, 3.8) is 0 Å². The molecule has 5 nitrogen and oxygen atoms in total. The van der Waals surface area contributed by atoms with Gasteiger partial charge in [0, 0.05) is 32.7 Å². The molecule has 1 amide bonds. The van der Waals surface area contributed by atoms with Gasteiger partial charge in [0.1, 0.15) is 5.54 Å². The molecule has 5 heteroatoms. The van der Waals surface area contributed by atoms with E-state index in [2.05, 4.69) is 59.3 Å². The molecule has 1 fully saturated rings. The first-order valence-electron chi connectivity index (χ1n) is 9.99. The van der Waals surface area contributed by atoms with E-state index in [9.17, 15) is 10.1 Å². The minimum Gasteiger partial charge on any atom is -0.337 e. The highest BCUT2D eigenvalue weighted by molar-refractivity contribution is 5.79. The van der Waals surface area contributed by atoms with Gasteiger partial charge in [-0.15, -0.1) is 0 Å². The van der Waals surface area contributed by atoms with Crippen molar-refractivity contribution in [3.8, 4) is 6.07 Å². The van der Waals surface area contributed by atoms with Gasteiger partial charge in [-0.2, -0.15) is 5.26 Å². The smallest absolute Gasteiger partial charge is 0.235 e. The van der Waals surface area contributed by atoms with E-state index in [4.69, 9.17) is 0 Å². The van der Waals surface area contributed by atoms with Gasteiger partial charge in [-0.3, -0.25) is 14.6 Å². The van der Waals surface area contributed by atoms with E-state index in [-0.39, 0.29) is 11.8 Å². The molecule has 1 saturated heterocycles. The van der Waals surface area contributed by atoms with Crippen molar-refractivity contribution in [1.82, 2.24) is 15.1 Å². The van der Waals surface area contributed by atoms with Crippen LogP contribution in [0.3, 0.4) is 0 Å². The zero-order valence-electron chi connectivity index (χ0n) is 17.5. The summed E-state index contributed by atoms with van der Waals surface area (Å²) < 4.78 is 0. The Kier molecular flexibility index (Phi) is 7.41. The molecule has 0 aromatic heterocycles. The summed E-state index contributed by atoms with van der Waals surface area (Å²) in [4.78, 5) is 16.9. The Morgan fingerprint density at radius 1 is 1.11 bits per heavy atom. The molecule has 1 atom stereocenters. The van der Waals surface area contributed by atoms with Crippen LogP contribution in [-0.4, -0.2) is 54.0 Å². The van der Waals surface area contributed by atoms with Gasteiger partial charge in [0.05, 0.1) is 12.6 Å². The fraction of sp³-hybridized carbons (Fsp3) is 0.636. The molecule has 0 radical (unpaired) electrons. The first-order valence-corrected chi connectivity index (χ1v) is 9.99. The van der Waals surface area contributed by atoms with Crippen LogP contribution in [0.5, 0.6) is 0 Å². The first kappa shape index (κ1) is 21.4. The van der Waals surface area contributed by atoms with Gasteiger partial charge in [0.15, 0.2) is 0 Å². The van der Waals surface area contributed by atoms with Crippen molar-refractivity contribution in [3.05, 3.63) is 35.4 Å². The van der Waals surface area contributed by atoms with Crippen LogP contribution >= 0.6 is 0 Å². The zero-order valence-corrected chi connectivity index (χ0v) is 17.5. The third kappa shape index (κ3) is 6.05. The molecule has 0 spiro atoms. The summed E-state index contributed by atoms with van der Waals surface area (Å²) in [5.74, 6) is 0.572. The topological polar surface area (TPSA) is 59.4 Å². The van der Waals surface area contributed by atoms with Gasteiger partial charge < -0.3 is 5.32 Å². The minimum absolute atomic E-state index is 0.0644. The van der Waals surface area contributed by atoms with Crippen LogP contribution < -0.4 is 5.32 Å². The van der Waals surface area contributed by atoms with Gasteiger partial charge in [0.2, 0.25) is 5.91 Å². The number of amides is 1. The lowest BCUT2D eigenvalue weighted by atomic mass is 9.90. The Morgan fingerprint density at radius 3 is 2.15 bits per heavy atom. The molecule has 0 aliphatic carbocycles. The minimum atomic E-state index is -0.805. The number of nitrogens with zero attached hydrogens (tertiary/aromatic N) is 3. The second-order valence-corrected chi connectivity index (χ2v) is 8.47.